The number of carboxylic acids is 1. The molecule has 0 bridgehead atoms. The van der Waals surface area contributed by atoms with Crippen molar-refractivity contribution in [3.63, 3.8) is 0 Å². The third-order valence-corrected chi connectivity index (χ3v) is 4.40. The molecule has 1 N–H and O–H groups in total. The van der Waals surface area contributed by atoms with Gasteiger partial charge in [-0.1, -0.05) is 12.1 Å². The first-order valence-corrected chi connectivity index (χ1v) is 7.58. The smallest absolute Gasteiger partial charge is 0.311 e. The molecule has 1 fully saturated rings. The van der Waals surface area contributed by atoms with E-state index in [0.717, 1.165) is 11.3 Å². The second-order valence-corrected chi connectivity index (χ2v) is 6.22. The van der Waals surface area contributed by atoms with Crippen molar-refractivity contribution in [1.29, 1.82) is 0 Å². The zero-order valence-electron chi connectivity index (χ0n) is 13.0. The van der Waals surface area contributed by atoms with Gasteiger partial charge in [0.2, 0.25) is 5.91 Å². The van der Waals surface area contributed by atoms with Gasteiger partial charge in [-0.15, -0.1) is 0 Å². The number of hydrogen-bond acceptors (Lipinski definition) is 3. The Bertz CT molecular complexity index is 709. The van der Waals surface area contributed by atoms with Crippen molar-refractivity contribution in [2.24, 2.45) is 5.41 Å². The van der Waals surface area contributed by atoms with Gasteiger partial charge in [-0.05, 0) is 37.1 Å². The van der Waals surface area contributed by atoms with E-state index in [0.29, 0.717) is 13.0 Å². The third-order valence-electron chi connectivity index (χ3n) is 4.40. The SMILES string of the molecule is C[C@]1(C(=O)O)CCN(C(=O)Cc2ccc(-n3cccn3)cc2)C1. The summed E-state index contributed by atoms with van der Waals surface area (Å²) < 4.78 is 1.75. The number of nitrogens with zero attached hydrogens (tertiary/aromatic N) is 3. The molecule has 6 heteroatoms. The monoisotopic (exact) mass is 313 g/mol. The highest BCUT2D eigenvalue weighted by Gasteiger charge is 2.41. The first-order chi connectivity index (χ1) is 11.0. The number of likely N-dealkylation sites (tertiary alicyclic amines) is 1. The summed E-state index contributed by atoms with van der Waals surface area (Å²) in [7, 11) is 0. The van der Waals surface area contributed by atoms with E-state index in [2.05, 4.69) is 5.10 Å². The summed E-state index contributed by atoms with van der Waals surface area (Å²) in [5, 5.41) is 13.4. The van der Waals surface area contributed by atoms with E-state index < -0.39 is 11.4 Å². The lowest BCUT2D eigenvalue weighted by Gasteiger charge is -2.20. The Morgan fingerprint density at radius 1 is 1.30 bits per heavy atom. The Morgan fingerprint density at radius 3 is 2.61 bits per heavy atom. The fourth-order valence-electron chi connectivity index (χ4n) is 2.82. The summed E-state index contributed by atoms with van der Waals surface area (Å²) in [6.45, 7) is 2.49. The second-order valence-electron chi connectivity index (χ2n) is 6.22. The summed E-state index contributed by atoms with van der Waals surface area (Å²) in [6, 6.07) is 9.49. The van der Waals surface area contributed by atoms with E-state index >= 15 is 0 Å². The van der Waals surface area contributed by atoms with Crippen molar-refractivity contribution in [2.75, 3.05) is 13.1 Å². The molecule has 0 unspecified atom stereocenters. The normalized spacial score (nSPS) is 20.7. The predicted octanol–water partition coefficient (Wildman–Crippen LogP) is 1.74. The van der Waals surface area contributed by atoms with E-state index in [1.54, 1.807) is 22.7 Å². The average molecular weight is 313 g/mol. The molecule has 0 aliphatic carbocycles. The van der Waals surface area contributed by atoms with Gasteiger partial charge in [0.15, 0.2) is 0 Å². The Hall–Kier alpha value is -2.63. The number of carbonyl (C=O) groups is 2. The highest BCUT2D eigenvalue weighted by Crippen LogP contribution is 2.30. The number of benzene rings is 1. The van der Waals surface area contributed by atoms with Gasteiger partial charge in [0.05, 0.1) is 17.5 Å². The first-order valence-electron chi connectivity index (χ1n) is 7.58. The summed E-state index contributed by atoms with van der Waals surface area (Å²) in [5.74, 6) is -0.863. The Labute approximate surface area is 134 Å². The molecule has 0 saturated carbocycles. The molecular formula is C17H19N3O3. The Morgan fingerprint density at radius 2 is 2.04 bits per heavy atom. The third kappa shape index (κ3) is 3.11. The molecule has 2 heterocycles. The number of carboxylic acid groups (broad SMARTS) is 1. The maximum absolute atomic E-state index is 12.4. The minimum absolute atomic E-state index is 0.0261. The van der Waals surface area contributed by atoms with Crippen LogP contribution in [0.15, 0.2) is 42.7 Å². The van der Waals surface area contributed by atoms with Crippen LogP contribution in [0.2, 0.25) is 0 Å². The lowest BCUT2D eigenvalue weighted by atomic mass is 9.90. The first kappa shape index (κ1) is 15.3. The van der Waals surface area contributed by atoms with Crippen LogP contribution in [0.4, 0.5) is 0 Å². The van der Waals surface area contributed by atoms with Crippen LogP contribution in [0.5, 0.6) is 0 Å². The molecule has 3 rings (SSSR count). The molecule has 0 spiro atoms. The molecule has 1 atom stereocenters. The number of aromatic nitrogens is 2. The minimum atomic E-state index is -0.837. The van der Waals surface area contributed by atoms with Crippen LogP contribution in [0.1, 0.15) is 18.9 Å². The number of hydrogen-bond donors (Lipinski definition) is 1. The zero-order chi connectivity index (χ0) is 16.4. The van der Waals surface area contributed by atoms with Crippen LogP contribution >= 0.6 is 0 Å². The molecule has 1 amide bonds. The summed E-state index contributed by atoms with van der Waals surface area (Å²) in [4.78, 5) is 25.3. The van der Waals surface area contributed by atoms with Crippen LogP contribution in [-0.2, 0) is 16.0 Å². The van der Waals surface area contributed by atoms with Gasteiger partial charge in [-0.3, -0.25) is 9.59 Å². The average Bonchev–Trinajstić information content (AvgIpc) is 3.18. The van der Waals surface area contributed by atoms with Crippen LogP contribution in [-0.4, -0.2) is 44.8 Å². The van der Waals surface area contributed by atoms with Crippen LogP contribution in [0, 0.1) is 5.41 Å². The van der Waals surface area contributed by atoms with E-state index in [4.69, 9.17) is 0 Å². The molecule has 1 aliphatic heterocycles. The van der Waals surface area contributed by atoms with Crippen LogP contribution < -0.4 is 0 Å². The van der Waals surface area contributed by atoms with E-state index in [1.807, 2.05) is 36.5 Å². The van der Waals surface area contributed by atoms with Gasteiger partial charge in [-0.25, -0.2) is 4.68 Å². The van der Waals surface area contributed by atoms with E-state index in [1.165, 1.54) is 0 Å². The fourth-order valence-corrected chi connectivity index (χ4v) is 2.82. The molecule has 1 aliphatic rings. The van der Waals surface area contributed by atoms with Gasteiger partial charge in [0.1, 0.15) is 0 Å². The summed E-state index contributed by atoms with van der Waals surface area (Å²) in [6.07, 6.45) is 4.36. The van der Waals surface area contributed by atoms with E-state index in [-0.39, 0.29) is 18.9 Å². The molecule has 0 radical (unpaired) electrons. The molecule has 1 aromatic carbocycles. The number of aliphatic carboxylic acids is 1. The quantitative estimate of drug-likeness (QED) is 0.933. The Kier molecular flexibility index (Phi) is 3.90. The summed E-state index contributed by atoms with van der Waals surface area (Å²) in [5.41, 5.74) is 1.03. The molecule has 1 saturated heterocycles. The van der Waals surface area contributed by atoms with Gasteiger partial charge in [0, 0.05) is 25.5 Å². The number of carbonyl (C=O) groups excluding carboxylic acids is 1. The highest BCUT2D eigenvalue weighted by atomic mass is 16.4. The van der Waals surface area contributed by atoms with Crippen LogP contribution in [0.25, 0.3) is 5.69 Å². The molecule has 120 valence electrons. The summed E-state index contributed by atoms with van der Waals surface area (Å²) >= 11 is 0. The van der Waals surface area contributed by atoms with Crippen molar-refractivity contribution in [2.45, 2.75) is 19.8 Å². The van der Waals surface area contributed by atoms with Crippen molar-refractivity contribution in [3.05, 3.63) is 48.3 Å². The topological polar surface area (TPSA) is 75.4 Å². The minimum Gasteiger partial charge on any atom is -0.481 e. The van der Waals surface area contributed by atoms with Gasteiger partial charge < -0.3 is 10.0 Å². The Balaban J connectivity index is 1.64. The van der Waals surface area contributed by atoms with Gasteiger partial charge in [0.25, 0.3) is 0 Å². The van der Waals surface area contributed by atoms with Crippen molar-refractivity contribution in [3.8, 4) is 5.69 Å². The number of rotatable bonds is 4. The van der Waals surface area contributed by atoms with Crippen LogP contribution in [0.3, 0.4) is 0 Å². The highest BCUT2D eigenvalue weighted by molar-refractivity contribution is 5.82. The zero-order valence-corrected chi connectivity index (χ0v) is 13.0. The molecular weight excluding hydrogens is 294 g/mol. The molecule has 1 aromatic heterocycles. The standard InChI is InChI=1S/C17H19N3O3/c1-17(16(22)23)7-10-19(12-17)15(21)11-13-3-5-14(6-4-13)20-9-2-8-18-20/h2-6,8-9H,7,10-12H2,1H3,(H,22,23)/t17-/m0/s1. The van der Waals surface area contributed by atoms with E-state index in [9.17, 15) is 14.7 Å². The molecule has 6 nitrogen and oxygen atoms in total. The van der Waals surface area contributed by atoms with Crippen molar-refractivity contribution in [1.82, 2.24) is 14.7 Å². The second kappa shape index (κ2) is 5.87. The number of amides is 1. The van der Waals surface area contributed by atoms with Crippen molar-refractivity contribution < 1.29 is 14.7 Å². The maximum Gasteiger partial charge on any atom is 0.311 e. The fraction of sp³-hybridized carbons (Fsp3) is 0.353. The van der Waals surface area contributed by atoms with Crippen molar-refractivity contribution >= 4 is 11.9 Å². The lowest BCUT2D eigenvalue weighted by molar-refractivity contribution is -0.147. The maximum atomic E-state index is 12.4. The van der Waals surface area contributed by atoms with Gasteiger partial charge >= 0.3 is 5.97 Å². The predicted molar refractivity (Wildman–Crippen MR) is 84.2 cm³/mol. The lowest BCUT2D eigenvalue weighted by Crippen LogP contribution is -2.35. The molecule has 2 aromatic rings. The van der Waals surface area contributed by atoms with Gasteiger partial charge in [-0.2, -0.15) is 5.10 Å². The largest absolute Gasteiger partial charge is 0.481 e. The molecule has 23 heavy (non-hydrogen) atoms.